The highest BCUT2D eigenvalue weighted by Crippen LogP contribution is 2.01. The van der Waals surface area contributed by atoms with Crippen LogP contribution in [0.1, 0.15) is 47.5 Å². The fourth-order valence-corrected chi connectivity index (χ4v) is 1.64. The van der Waals surface area contributed by atoms with E-state index in [1.807, 2.05) is 0 Å². The summed E-state index contributed by atoms with van der Waals surface area (Å²) in [6, 6.07) is 0. The molecule has 0 rings (SSSR count). The second kappa shape index (κ2) is 8.95. The third-order valence-corrected chi connectivity index (χ3v) is 2.68. The summed E-state index contributed by atoms with van der Waals surface area (Å²) in [6.07, 6.45) is 1.39. The highest BCUT2D eigenvalue weighted by Gasteiger charge is 2.12. The number of nitrogens with zero attached hydrogens (tertiary/aromatic N) is 1. The maximum Gasteiger partial charge on any atom is 0.221 e. The lowest BCUT2D eigenvalue weighted by Crippen LogP contribution is -2.36. The van der Waals surface area contributed by atoms with Gasteiger partial charge in [0.15, 0.2) is 0 Å². The summed E-state index contributed by atoms with van der Waals surface area (Å²) >= 11 is 0. The van der Waals surface area contributed by atoms with Gasteiger partial charge in [0.05, 0.1) is 0 Å². The Bertz CT molecular complexity index is 263. The number of carbonyl (C=O) groups excluding carboxylic acids is 2. The summed E-state index contributed by atoms with van der Waals surface area (Å²) in [5.74, 6) is 1.10. The summed E-state index contributed by atoms with van der Waals surface area (Å²) in [5.41, 5.74) is 0. The monoisotopic (exact) mass is 256 g/mol. The molecule has 0 aliphatic rings. The van der Waals surface area contributed by atoms with Gasteiger partial charge in [-0.25, -0.2) is 0 Å². The topological polar surface area (TPSA) is 49.4 Å². The van der Waals surface area contributed by atoms with E-state index in [-0.39, 0.29) is 11.8 Å². The van der Waals surface area contributed by atoms with Crippen molar-refractivity contribution < 1.29 is 9.59 Å². The van der Waals surface area contributed by atoms with Gasteiger partial charge in [-0.3, -0.25) is 9.59 Å². The first-order chi connectivity index (χ1) is 8.32. The van der Waals surface area contributed by atoms with Gasteiger partial charge in [0.2, 0.25) is 11.8 Å². The molecular formula is C14H28N2O2. The SMILES string of the molecule is CC(=O)N(CCC(=O)NCCC(C)C)CC(C)C. The predicted molar refractivity (Wildman–Crippen MR) is 74.2 cm³/mol. The van der Waals surface area contributed by atoms with E-state index in [1.165, 1.54) is 0 Å². The Morgan fingerprint density at radius 1 is 1.11 bits per heavy atom. The van der Waals surface area contributed by atoms with Crippen molar-refractivity contribution in [3.63, 3.8) is 0 Å². The Hall–Kier alpha value is -1.06. The van der Waals surface area contributed by atoms with Gasteiger partial charge in [0, 0.05) is 33.0 Å². The Morgan fingerprint density at radius 2 is 1.72 bits per heavy atom. The van der Waals surface area contributed by atoms with Crippen LogP contribution < -0.4 is 5.32 Å². The van der Waals surface area contributed by atoms with Gasteiger partial charge in [-0.05, 0) is 18.3 Å². The Labute approximate surface area is 111 Å². The summed E-state index contributed by atoms with van der Waals surface area (Å²) < 4.78 is 0. The lowest BCUT2D eigenvalue weighted by Gasteiger charge is -2.22. The Kier molecular flexibility index (Phi) is 8.42. The first-order valence-corrected chi connectivity index (χ1v) is 6.85. The van der Waals surface area contributed by atoms with E-state index in [1.54, 1.807) is 11.8 Å². The minimum Gasteiger partial charge on any atom is -0.356 e. The molecule has 4 heteroatoms. The van der Waals surface area contributed by atoms with Gasteiger partial charge < -0.3 is 10.2 Å². The van der Waals surface area contributed by atoms with E-state index in [9.17, 15) is 9.59 Å². The van der Waals surface area contributed by atoms with Crippen molar-refractivity contribution in [2.75, 3.05) is 19.6 Å². The van der Waals surface area contributed by atoms with Crippen LogP contribution in [0.3, 0.4) is 0 Å². The van der Waals surface area contributed by atoms with Crippen molar-refractivity contribution in [2.45, 2.75) is 47.5 Å². The molecule has 0 aliphatic carbocycles. The molecule has 0 saturated carbocycles. The lowest BCUT2D eigenvalue weighted by atomic mass is 10.1. The molecule has 0 aromatic carbocycles. The van der Waals surface area contributed by atoms with Crippen LogP contribution in [0.2, 0.25) is 0 Å². The van der Waals surface area contributed by atoms with Crippen molar-refractivity contribution in [3.8, 4) is 0 Å². The fraction of sp³-hybridized carbons (Fsp3) is 0.857. The molecule has 0 fully saturated rings. The quantitative estimate of drug-likeness (QED) is 0.722. The average molecular weight is 256 g/mol. The number of rotatable bonds is 8. The van der Waals surface area contributed by atoms with Crippen LogP contribution in [0.15, 0.2) is 0 Å². The Balaban J connectivity index is 3.89. The van der Waals surface area contributed by atoms with E-state index in [2.05, 4.69) is 33.0 Å². The summed E-state index contributed by atoms with van der Waals surface area (Å²) in [4.78, 5) is 24.7. The van der Waals surface area contributed by atoms with Crippen molar-refractivity contribution in [1.29, 1.82) is 0 Å². The second-order valence-corrected chi connectivity index (χ2v) is 5.64. The summed E-state index contributed by atoms with van der Waals surface area (Å²) in [7, 11) is 0. The van der Waals surface area contributed by atoms with Crippen LogP contribution in [0.4, 0.5) is 0 Å². The van der Waals surface area contributed by atoms with Crippen LogP contribution in [0.5, 0.6) is 0 Å². The van der Waals surface area contributed by atoms with Crippen LogP contribution in [0, 0.1) is 11.8 Å². The van der Waals surface area contributed by atoms with Crippen molar-refractivity contribution in [2.24, 2.45) is 11.8 Å². The molecule has 0 radical (unpaired) electrons. The molecule has 0 saturated heterocycles. The molecular weight excluding hydrogens is 228 g/mol. The van der Waals surface area contributed by atoms with Gasteiger partial charge >= 0.3 is 0 Å². The zero-order valence-electron chi connectivity index (χ0n) is 12.5. The van der Waals surface area contributed by atoms with Gasteiger partial charge in [-0.1, -0.05) is 27.7 Å². The minimum atomic E-state index is 0.0330. The van der Waals surface area contributed by atoms with Crippen LogP contribution >= 0.6 is 0 Å². The summed E-state index contributed by atoms with van der Waals surface area (Å²) in [5, 5.41) is 2.88. The molecule has 0 spiro atoms. The van der Waals surface area contributed by atoms with E-state index in [0.717, 1.165) is 13.0 Å². The maximum atomic E-state index is 11.6. The molecule has 0 unspecified atom stereocenters. The molecule has 0 atom stereocenters. The third-order valence-electron chi connectivity index (χ3n) is 2.68. The fourth-order valence-electron chi connectivity index (χ4n) is 1.64. The van der Waals surface area contributed by atoms with Crippen LogP contribution in [0.25, 0.3) is 0 Å². The molecule has 106 valence electrons. The second-order valence-electron chi connectivity index (χ2n) is 5.64. The van der Waals surface area contributed by atoms with Crippen LogP contribution in [-0.4, -0.2) is 36.3 Å². The zero-order chi connectivity index (χ0) is 14.1. The van der Waals surface area contributed by atoms with Gasteiger partial charge in [0.1, 0.15) is 0 Å². The Morgan fingerprint density at radius 3 is 2.17 bits per heavy atom. The first kappa shape index (κ1) is 16.9. The third kappa shape index (κ3) is 9.02. The number of carbonyl (C=O) groups is 2. The van der Waals surface area contributed by atoms with E-state index in [4.69, 9.17) is 0 Å². The summed E-state index contributed by atoms with van der Waals surface area (Å²) in [6.45, 7) is 11.9. The van der Waals surface area contributed by atoms with Gasteiger partial charge in [-0.2, -0.15) is 0 Å². The maximum absolute atomic E-state index is 11.6. The van der Waals surface area contributed by atoms with Crippen LogP contribution in [-0.2, 0) is 9.59 Å². The molecule has 0 heterocycles. The minimum absolute atomic E-state index is 0.0330. The molecule has 2 amide bonds. The van der Waals surface area contributed by atoms with E-state index >= 15 is 0 Å². The van der Waals surface area contributed by atoms with E-state index < -0.39 is 0 Å². The van der Waals surface area contributed by atoms with Crippen molar-refractivity contribution in [3.05, 3.63) is 0 Å². The number of nitrogens with one attached hydrogen (secondary N) is 1. The van der Waals surface area contributed by atoms with Gasteiger partial charge in [0.25, 0.3) is 0 Å². The molecule has 1 N–H and O–H groups in total. The van der Waals surface area contributed by atoms with Crippen molar-refractivity contribution in [1.82, 2.24) is 10.2 Å². The van der Waals surface area contributed by atoms with Crippen molar-refractivity contribution >= 4 is 11.8 Å². The normalized spacial score (nSPS) is 10.8. The number of hydrogen-bond acceptors (Lipinski definition) is 2. The first-order valence-electron chi connectivity index (χ1n) is 6.85. The predicted octanol–water partition coefficient (Wildman–Crippen LogP) is 2.04. The standard InChI is InChI=1S/C14H28N2O2/c1-11(2)6-8-15-14(18)7-9-16(13(5)17)10-12(3)4/h11-12H,6-10H2,1-5H3,(H,15,18). The highest BCUT2D eigenvalue weighted by molar-refractivity contribution is 5.77. The van der Waals surface area contributed by atoms with E-state index in [0.29, 0.717) is 31.3 Å². The lowest BCUT2D eigenvalue weighted by molar-refractivity contribution is -0.130. The molecule has 0 aromatic rings. The molecule has 4 nitrogen and oxygen atoms in total. The zero-order valence-corrected chi connectivity index (χ0v) is 12.5. The molecule has 0 aromatic heterocycles. The van der Waals surface area contributed by atoms with Gasteiger partial charge in [-0.15, -0.1) is 0 Å². The number of hydrogen-bond donors (Lipinski definition) is 1. The smallest absolute Gasteiger partial charge is 0.221 e. The molecule has 0 aliphatic heterocycles. The largest absolute Gasteiger partial charge is 0.356 e. The number of amides is 2. The molecule has 0 bridgehead atoms. The molecule has 18 heavy (non-hydrogen) atoms. The average Bonchev–Trinajstić information content (AvgIpc) is 2.22. The highest BCUT2D eigenvalue weighted by atomic mass is 16.2.